The van der Waals surface area contributed by atoms with Gasteiger partial charge in [0.25, 0.3) is 0 Å². The molecule has 1 aromatic heterocycles. The van der Waals surface area contributed by atoms with Gasteiger partial charge in [-0.25, -0.2) is 0 Å². The first-order valence-electron chi connectivity index (χ1n) is 5.57. The van der Waals surface area contributed by atoms with Crippen molar-refractivity contribution in [3.05, 3.63) is 46.6 Å². The molecule has 0 aliphatic heterocycles. The molecule has 0 N–H and O–H groups in total. The summed E-state index contributed by atoms with van der Waals surface area (Å²) in [5.74, 6) is 0.366. The fraction of sp³-hybridized carbons (Fsp3) is 0.214. The van der Waals surface area contributed by atoms with E-state index in [0.29, 0.717) is 5.75 Å². The van der Waals surface area contributed by atoms with E-state index in [1.807, 2.05) is 26.2 Å². The summed E-state index contributed by atoms with van der Waals surface area (Å²) in [5, 5.41) is 1.19. The van der Waals surface area contributed by atoms with Gasteiger partial charge in [-0.3, -0.25) is 4.79 Å². The number of ether oxygens (including phenoxy) is 1. The molecule has 1 heterocycles. The van der Waals surface area contributed by atoms with E-state index in [0.717, 1.165) is 10.4 Å². The number of rotatable bonds is 3. The minimum atomic E-state index is -0.104. The lowest BCUT2D eigenvalue weighted by atomic mass is 10.2. The fourth-order valence-corrected chi connectivity index (χ4v) is 2.54. The number of anilines is 1. The van der Waals surface area contributed by atoms with Crippen LogP contribution in [0.1, 0.15) is 0 Å². The molecule has 0 fully saturated rings. The largest absolute Gasteiger partial charge is 0.493 e. The summed E-state index contributed by atoms with van der Waals surface area (Å²) in [6.45, 7) is 0. The molecule has 0 atom stereocenters. The van der Waals surface area contributed by atoms with Crippen molar-refractivity contribution >= 4 is 16.3 Å². The minimum absolute atomic E-state index is 0.104. The van der Waals surface area contributed by atoms with Crippen molar-refractivity contribution in [2.24, 2.45) is 0 Å². The quantitative estimate of drug-likeness (QED) is 0.851. The maximum Gasteiger partial charge on any atom is 0.220 e. The highest BCUT2D eigenvalue weighted by Gasteiger charge is 2.04. The zero-order valence-corrected chi connectivity index (χ0v) is 11.5. The number of thiophene rings is 1. The van der Waals surface area contributed by atoms with Gasteiger partial charge in [0.05, 0.1) is 12.1 Å². The van der Waals surface area contributed by atoms with Crippen molar-refractivity contribution < 1.29 is 4.74 Å². The van der Waals surface area contributed by atoms with Crippen LogP contribution in [0.2, 0.25) is 0 Å². The zero-order chi connectivity index (χ0) is 13.1. The SMILES string of the molecule is COc1ccc(-c2ccc(N(C)C)s2)ccc1=O. The first kappa shape index (κ1) is 12.6. The Balaban J connectivity index is 2.45. The van der Waals surface area contributed by atoms with E-state index >= 15 is 0 Å². The second-order valence-electron chi connectivity index (χ2n) is 4.09. The molecule has 0 saturated heterocycles. The average Bonchev–Trinajstić information content (AvgIpc) is 2.76. The third-order valence-corrected chi connectivity index (χ3v) is 3.91. The van der Waals surface area contributed by atoms with Crippen LogP contribution in [0, 0.1) is 0 Å². The monoisotopic (exact) mass is 261 g/mol. The summed E-state index contributed by atoms with van der Waals surface area (Å²) in [7, 11) is 5.53. The Morgan fingerprint density at radius 1 is 1.06 bits per heavy atom. The Labute approximate surface area is 110 Å². The Bertz CT molecular complexity index is 605. The molecule has 0 spiro atoms. The molecule has 0 amide bonds. The number of nitrogens with zero attached hydrogens (tertiary/aromatic N) is 1. The highest BCUT2D eigenvalue weighted by atomic mass is 32.1. The molecule has 94 valence electrons. The molecule has 0 aliphatic rings. The van der Waals surface area contributed by atoms with Gasteiger partial charge in [-0.2, -0.15) is 0 Å². The zero-order valence-electron chi connectivity index (χ0n) is 10.6. The van der Waals surface area contributed by atoms with Gasteiger partial charge in [-0.05, 0) is 42.0 Å². The molecule has 3 nitrogen and oxygen atoms in total. The summed E-state index contributed by atoms with van der Waals surface area (Å²) in [6.07, 6.45) is 0. The van der Waals surface area contributed by atoms with E-state index in [-0.39, 0.29) is 5.43 Å². The van der Waals surface area contributed by atoms with E-state index in [9.17, 15) is 4.79 Å². The molecule has 0 saturated carbocycles. The first-order valence-corrected chi connectivity index (χ1v) is 6.39. The summed E-state index contributed by atoms with van der Waals surface area (Å²) in [4.78, 5) is 14.8. The van der Waals surface area contributed by atoms with Crippen LogP contribution in [-0.4, -0.2) is 21.2 Å². The molecule has 0 radical (unpaired) electrons. The molecule has 18 heavy (non-hydrogen) atoms. The molecular weight excluding hydrogens is 246 g/mol. The van der Waals surface area contributed by atoms with Crippen molar-refractivity contribution in [3.8, 4) is 16.2 Å². The van der Waals surface area contributed by atoms with Gasteiger partial charge in [0, 0.05) is 19.0 Å². The maximum atomic E-state index is 11.6. The van der Waals surface area contributed by atoms with Crippen molar-refractivity contribution in [2.45, 2.75) is 0 Å². The topological polar surface area (TPSA) is 29.5 Å². The lowest BCUT2D eigenvalue weighted by Gasteiger charge is -2.07. The molecule has 0 aliphatic carbocycles. The van der Waals surface area contributed by atoms with Gasteiger partial charge in [-0.15, -0.1) is 11.3 Å². The Morgan fingerprint density at radius 3 is 2.39 bits per heavy atom. The van der Waals surface area contributed by atoms with Crippen molar-refractivity contribution in [2.75, 3.05) is 26.1 Å². The Hall–Kier alpha value is -1.81. The summed E-state index contributed by atoms with van der Waals surface area (Å²) in [6, 6.07) is 11.1. The summed E-state index contributed by atoms with van der Waals surface area (Å²) in [5.41, 5.74) is 0.918. The highest BCUT2D eigenvalue weighted by molar-refractivity contribution is 7.19. The van der Waals surface area contributed by atoms with Crippen LogP contribution in [0.5, 0.6) is 5.75 Å². The summed E-state index contributed by atoms with van der Waals surface area (Å²) < 4.78 is 5.02. The van der Waals surface area contributed by atoms with Gasteiger partial charge < -0.3 is 9.64 Å². The Kier molecular flexibility index (Phi) is 3.67. The lowest BCUT2D eigenvalue weighted by Crippen LogP contribution is -2.05. The van der Waals surface area contributed by atoms with Gasteiger partial charge in [0.2, 0.25) is 5.43 Å². The van der Waals surface area contributed by atoms with Crippen LogP contribution < -0.4 is 15.1 Å². The molecule has 2 rings (SSSR count). The molecule has 4 heteroatoms. The van der Waals surface area contributed by atoms with Gasteiger partial charge in [-0.1, -0.05) is 0 Å². The van der Waals surface area contributed by atoms with Gasteiger partial charge in [0.15, 0.2) is 5.75 Å². The average molecular weight is 261 g/mol. The lowest BCUT2D eigenvalue weighted by molar-refractivity contribution is 0.411. The molecule has 0 unspecified atom stereocenters. The molecule has 0 bridgehead atoms. The molecule has 1 aromatic carbocycles. The van der Waals surface area contributed by atoms with Crippen LogP contribution in [0.15, 0.2) is 41.2 Å². The van der Waals surface area contributed by atoms with Crippen LogP contribution in [0.25, 0.3) is 10.4 Å². The predicted octanol–water partition coefficient (Wildman–Crippen LogP) is 2.85. The molecule has 2 aromatic rings. The van der Waals surface area contributed by atoms with Crippen molar-refractivity contribution in [1.29, 1.82) is 0 Å². The second-order valence-corrected chi connectivity index (χ2v) is 5.15. The maximum absolute atomic E-state index is 11.6. The molecular formula is C14H15NO2S. The van der Waals surface area contributed by atoms with E-state index in [1.54, 1.807) is 23.5 Å². The number of methoxy groups -OCH3 is 1. The van der Waals surface area contributed by atoms with Gasteiger partial charge >= 0.3 is 0 Å². The third kappa shape index (κ3) is 2.54. The first-order chi connectivity index (χ1) is 8.61. The smallest absolute Gasteiger partial charge is 0.220 e. The van der Waals surface area contributed by atoms with E-state index < -0.39 is 0 Å². The van der Waals surface area contributed by atoms with Crippen LogP contribution >= 0.6 is 11.3 Å². The summed E-state index contributed by atoms with van der Waals surface area (Å²) >= 11 is 1.69. The fourth-order valence-electron chi connectivity index (χ4n) is 1.61. The minimum Gasteiger partial charge on any atom is -0.493 e. The van der Waals surface area contributed by atoms with Gasteiger partial charge in [0.1, 0.15) is 0 Å². The highest BCUT2D eigenvalue weighted by Crippen LogP contribution is 2.32. The predicted molar refractivity (Wildman–Crippen MR) is 76.9 cm³/mol. The standard InChI is InChI=1S/C14H15NO2S/c1-15(2)14-9-8-13(18-14)10-4-6-11(16)12(17-3)7-5-10/h4-9H,1-3H3. The number of hydrogen-bond donors (Lipinski definition) is 0. The normalized spacial score (nSPS) is 10.2. The van der Waals surface area contributed by atoms with Crippen molar-refractivity contribution in [1.82, 2.24) is 0 Å². The third-order valence-electron chi connectivity index (χ3n) is 2.61. The second kappa shape index (κ2) is 5.23. The van der Waals surface area contributed by atoms with E-state index in [1.165, 1.54) is 12.1 Å². The van der Waals surface area contributed by atoms with E-state index in [4.69, 9.17) is 4.74 Å². The Morgan fingerprint density at radius 2 is 1.78 bits per heavy atom. The van der Waals surface area contributed by atoms with Crippen LogP contribution in [-0.2, 0) is 0 Å². The van der Waals surface area contributed by atoms with Crippen LogP contribution in [0.3, 0.4) is 0 Å². The van der Waals surface area contributed by atoms with E-state index in [2.05, 4.69) is 17.0 Å². The number of hydrogen-bond acceptors (Lipinski definition) is 4. The van der Waals surface area contributed by atoms with Crippen LogP contribution in [0.4, 0.5) is 5.00 Å². The van der Waals surface area contributed by atoms with Crippen molar-refractivity contribution in [3.63, 3.8) is 0 Å².